The summed E-state index contributed by atoms with van der Waals surface area (Å²) >= 11 is 0. The van der Waals surface area contributed by atoms with Crippen molar-refractivity contribution in [3.63, 3.8) is 0 Å². The van der Waals surface area contributed by atoms with Crippen LogP contribution in [0.4, 0.5) is 5.69 Å². The van der Waals surface area contributed by atoms with Gasteiger partial charge in [-0.25, -0.2) is 0 Å². The van der Waals surface area contributed by atoms with Crippen molar-refractivity contribution in [2.45, 2.75) is 64.9 Å². The molecule has 112 valence electrons. The van der Waals surface area contributed by atoms with Gasteiger partial charge in [-0.2, -0.15) is 0 Å². The summed E-state index contributed by atoms with van der Waals surface area (Å²) in [6, 6.07) is 8.36. The van der Waals surface area contributed by atoms with Gasteiger partial charge in [0.2, 0.25) is 0 Å². The molecule has 0 spiro atoms. The summed E-state index contributed by atoms with van der Waals surface area (Å²) < 4.78 is 5.86. The fourth-order valence-corrected chi connectivity index (χ4v) is 2.89. The molecule has 1 N–H and O–H groups in total. The Hall–Kier alpha value is -1.18. The molecular formula is C18H29NO. The zero-order chi connectivity index (χ0) is 14.2. The highest BCUT2D eigenvalue weighted by Gasteiger charge is 2.12. The lowest BCUT2D eigenvalue weighted by Crippen LogP contribution is -2.12. The third-order valence-corrected chi connectivity index (χ3v) is 4.35. The van der Waals surface area contributed by atoms with Crippen LogP contribution in [-0.4, -0.2) is 12.6 Å². The summed E-state index contributed by atoms with van der Waals surface area (Å²) in [5.74, 6) is 1.91. The molecule has 0 saturated heterocycles. The summed E-state index contributed by atoms with van der Waals surface area (Å²) in [5.41, 5.74) is 1.18. The first-order valence-corrected chi connectivity index (χ1v) is 8.28. The number of hydrogen-bond donors (Lipinski definition) is 1. The number of anilines is 1. The summed E-state index contributed by atoms with van der Waals surface area (Å²) in [4.78, 5) is 0. The fourth-order valence-electron chi connectivity index (χ4n) is 2.89. The number of nitrogens with one attached hydrogen (secondary N) is 1. The van der Waals surface area contributed by atoms with E-state index >= 15 is 0 Å². The van der Waals surface area contributed by atoms with Crippen LogP contribution in [0.3, 0.4) is 0 Å². The molecule has 1 aliphatic rings. The van der Waals surface area contributed by atoms with Gasteiger partial charge in [-0.3, -0.25) is 0 Å². The minimum atomic E-state index is 0.285. The van der Waals surface area contributed by atoms with Crippen molar-refractivity contribution in [2.24, 2.45) is 5.92 Å². The second-order valence-corrected chi connectivity index (χ2v) is 6.08. The molecule has 1 saturated carbocycles. The van der Waals surface area contributed by atoms with Crippen LogP contribution in [0.25, 0.3) is 0 Å². The van der Waals surface area contributed by atoms with Crippen molar-refractivity contribution in [1.82, 2.24) is 0 Å². The largest absolute Gasteiger partial charge is 0.491 e. The fraction of sp³-hybridized carbons (Fsp3) is 0.667. The molecule has 0 heterocycles. The molecule has 0 amide bonds. The number of benzene rings is 1. The van der Waals surface area contributed by atoms with Crippen molar-refractivity contribution in [3.8, 4) is 5.75 Å². The van der Waals surface area contributed by atoms with E-state index in [2.05, 4.69) is 37.4 Å². The van der Waals surface area contributed by atoms with E-state index in [0.29, 0.717) is 0 Å². The van der Waals surface area contributed by atoms with Crippen molar-refractivity contribution in [2.75, 3.05) is 11.9 Å². The Labute approximate surface area is 123 Å². The average molecular weight is 275 g/mol. The summed E-state index contributed by atoms with van der Waals surface area (Å²) in [6.07, 6.45) is 9.80. The molecular weight excluding hydrogens is 246 g/mol. The van der Waals surface area contributed by atoms with E-state index in [1.165, 1.54) is 44.2 Å². The number of rotatable bonds is 7. The molecule has 2 heteroatoms. The maximum atomic E-state index is 5.86. The topological polar surface area (TPSA) is 21.3 Å². The predicted octanol–water partition coefficient (Wildman–Crippen LogP) is 5.25. The molecule has 1 aliphatic carbocycles. The highest BCUT2D eigenvalue weighted by molar-refractivity contribution is 5.48. The molecule has 2 rings (SSSR count). The van der Waals surface area contributed by atoms with E-state index in [0.717, 1.165) is 24.6 Å². The van der Waals surface area contributed by atoms with Gasteiger partial charge in [0.15, 0.2) is 0 Å². The van der Waals surface area contributed by atoms with Gasteiger partial charge in [0.1, 0.15) is 5.75 Å². The van der Waals surface area contributed by atoms with Crippen LogP contribution in [-0.2, 0) is 0 Å². The average Bonchev–Trinajstić information content (AvgIpc) is 2.48. The molecule has 0 aliphatic heterocycles. The molecule has 1 aromatic rings. The highest BCUT2D eigenvalue weighted by atomic mass is 16.5. The van der Waals surface area contributed by atoms with Gasteiger partial charge >= 0.3 is 0 Å². The van der Waals surface area contributed by atoms with Gasteiger partial charge in [0.25, 0.3) is 0 Å². The summed E-state index contributed by atoms with van der Waals surface area (Å²) in [7, 11) is 0. The lowest BCUT2D eigenvalue weighted by Gasteiger charge is -2.21. The zero-order valence-electron chi connectivity index (χ0n) is 13.0. The molecule has 2 nitrogen and oxygen atoms in total. The van der Waals surface area contributed by atoms with Crippen molar-refractivity contribution >= 4 is 5.69 Å². The smallest absolute Gasteiger partial charge is 0.121 e. The molecule has 1 unspecified atom stereocenters. The summed E-state index contributed by atoms with van der Waals surface area (Å²) in [5, 5.41) is 3.54. The maximum Gasteiger partial charge on any atom is 0.121 e. The standard InChI is InChI=1S/C18H29NO/c1-3-15(2)20-18-11-7-10-17(14-18)19-13-12-16-8-5-4-6-9-16/h7,10-11,14-16,19H,3-6,8-9,12-13H2,1-2H3. The van der Waals surface area contributed by atoms with Crippen molar-refractivity contribution < 1.29 is 4.74 Å². The number of ether oxygens (including phenoxy) is 1. The van der Waals surface area contributed by atoms with Crippen LogP contribution in [0.1, 0.15) is 58.8 Å². The zero-order valence-corrected chi connectivity index (χ0v) is 13.0. The lowest BCUT2D eigenvalue weighted by molar-refractivity contribution is 0.217. The minimum Gasteiger partial charge on any atom is -0.491 e. The molecule has 0 radical (unpaired) electrons. The van der Waals surface area contributed by atoms with Gasteiger partial charge in [0.05, 0.1) is 6.10 Å². The van der Waals surface area contributed by atoms with E-state index in [1.54, 1.807) is 0 Å². The minimum absolute atomic E-state index is 0.285. The molecule has 0 bridgehead atoms. The van der Waals surface area contributed by atoms with Gasteiger partial charge in [-0.15, -0.1) is 0 Å². The van der Waals surface area contributed by atoms with E-state index in [4.69, 9.17) is 4.74 Å². The molecule has 0 aromatic heterocycles. The van der Waals surface area contributed by atoms with Crippen molar-refractivity contribution in [1.29, 1.82) is 0 Å². The van der Waals surface area contributed by atoms with Gasteiger partial charge in [-0.1, -0.05) is 45.1 Å². The Morgan fingerprint density at radius 3 is 2.80 bits per heavy atom. The molecule has 1 aromatic carbocycles. The monoisotopic (exact) mass is 275 g/mol. The Morgan fingerprint density at radius 1 is 1.25 bits per heavy atom. The van der Waals surface area contributed by atoms with Crippen LogP contribution in [0, 0.1) is 5.92 Å². The SMILES string of the molecule is CCC(C)Oc1cccc(NCCC2CCCCC2)c1. The van der Waals surface area contributed by atoms with E-state index in [-0.39, 0.29) is 6.10 Å². The quantitative estimate of drug-likeness (QED) is 0.734. The van der Waals surface area contributed by atoms with E-state index in [1.807, 2.05) is 6.07 Å². The van der Waals surface area contributed by atoms with Crippen LogP contribution < -0.4 is 10.1 Å². The molecule has 1 fully saturated rings. The van der Waals surface area contributed by atoms with Crippen LogP contribution >= 0.6 is 0 Å². The lowest BCUT2D eigenvalue weighted by atomic mass is 9.87. The second kappa shape index (κ2) is 8.18. The first-order chi connectivity index (χ1) is 9.78. The Bertz CT molecular complexity index is 385. The van der Waals surface area contributed by atoms with Crippen LogP contribution in [0.15, 0.2) is 24.3 Å². The Morgan fingerprint density at radius 2 is 2.05 bits per heavy atom. The highest BCUT2D eigenvalue weighted by Crippen LogP contribution is 2.26. The van der Waals surface area contributed by atoms with Gasteiger partial charge in [-0.05, 0) is 37.8 Å². The van der Waals surface area contributed by atoms with E-state index < -0.39 is 0 Å². The Kier molecular flexibility index (Phi) is 6.23. The maximum absolute atomic E-state index is 5.86. The van der Waals surface area contributed by atoms with E-state index in [9.17, 15) is 0 Å². The van der Waals surface area contributed by atoms with Crippen LogP contribution in [0.5, 0.6) is 5.75 Å². The first kappa shape index (κ1) is 15.2. The molecule has 1 atom stereocenters. The third-order valence-electron chi connectivity index (χ3n) is 4.35. The van der Waals surface area contributed by atoms with Crippen LogP contribution in [0.2, 0.25) is 0 Å². The Balaban J connectivity index is 1.75. The van der Waals surface area contributed by atoms with Crippen molar-refractivity contribution in [3.05, 3.63) is 24.3 Å². The van der Waals surface area contributed by atoms with Gasteiger partial charge in [0, 0.05) is 18.3 Å². The first-order valence-electron chi connectivity index (χ1n) is 8.28. The predicted molar refractivity (Wildman–Crippen MR) is 86.5 cm³/mol. The molecule has 20 heavy (non-hydrogen) atoms. The van der Waals surface area contributed by atoms with Gasteiger partial charge < -0.3 is 10.1 Å². The summed E-state index contributed by atoms with van der Waals surface area (Å²) in [6.45, 7) is 5.34. The second-order valence-electron chi connectivity index (χ2n) is 6.08. The number of hydrogen-bond acceptors (Lipinski definition) is 2. The normalized spacial score (nSPS) is 17.7. The third kappa shape index (κ3) is 5.07.